The average molecular weight is 373 g/mol. The molecular formula is C20H27N3O4. The highest BCUT2D eigenvalue weighted by Gasteiger charge is 2.35. The third kappa shape index (κ3) is 4.59. The van der Waals surface area contributed by atoms with Crippen molar-refractivity contribution >= 4 is 6.09 Å². The number of pyridine rings is 1. The predicted octanol–water partition coefficient (Wildman–Crippen LogP) is 4.60. The molecule has 0 saturated carbocycles. The molecule has 1 saturated heterocycles. The van der Waals surface area contributed by atoms with Crippen LogP contribution in [-0.2, 0) is 4.74 Å². The van der Waals surface area contributed by atoms with Crippen LogP contribution in [0.2, 0.25) is 0 Å². The minimum Gasteiger partial charge on any atom is -0.474 e. The van der Waals surface area contributed by atoms with Gasteiger partial charge in [-0.2, -0.15) is 0 Å². The Labute approximate surface area is 159 Å². The molecule has 7 heteroatoms. The van der Waals surface area contributed by atoms with E-state index in [1.165, 1.54) is 0 Å². The molecule has 0 aromatic carbocycles. The summed E-state index contributed by atoms with van der Waals surface area (Å²) in [6.07, 6.45) is 3.07. The van der Waals surface area contributed by atoms with Crippen LogP contribution in [0.1, 0.15) is 59.3 Å². The Balaban J connectivity index is 1.82. The summed E-state index contributed by atoms with van der Waals surface area (Å²) in [5.41, 5.74) is 0.878. The van der Waals surface area contributed by atoms with Gasteiger partial charge >= 0.3 is 6.09 Å². The van der Waals surface area contributed by atoms with Crippen molar-refractivity contribution in [2.75, 3.05) is 6.54 Å². The normalized spacial score (nSPS) is 17.4. The lowest BCUT2D eigenvalue weighted by Gasteiger charge is -2.27. The molecule has 2 aromatic rings. The molecule has 0 N–H and O–H groups in total. The van der Waals surface area contributed by atoms with E-state index in [4.69, 9.17) is 14.0 Å². The Kier molecular flexibility index (Phi) is 5.39. The molecule has 0 bridgehead atoms. The lowest BCUT2D eigenvalue weighted by Crippen LogP contribution is -2.36. The quantitative estimate of drug-likeness (QED) is 0.780. The fourth-order valence-electron chi connectivity index (χ4n) is 3.08. The first-order chi connectivity index (χ1) is 12.7. The van der Waals surface area contributed by atoms with Crippen molar-refractivity contribution < 1.29 is 18.8 Å². The molecule has 146 valence electrons. The van der Waals surface area contributed by atoms with E-state index in [2.05, 4.69) is 10.1 Å². The average Bonchev–Trinajstić information content (AvgIpc) is 3.22. The first-order valence-corrected chi connectivity index (χ1v) is 9.33. The van der Waals surface area contributed by atoms with E-state index in [1.807, 2.05) is 52.8 Å². The van der Waals surface area contributed by atoms with Gasteiger partial charge in [-0.15, -0.1) is 0 Å². The minimum absolute atomic E-state index is 0.00233. The second kappa shape index (κ2) is 7.58. The van der Waals surface area contributed by atoms with Gasteiger partial charge in [-0.25, -0.2) is 9.78 Å². The van der Waals surface area contributed by atoms with E-state index < -0.39 is 5.60 Å². The molecule has 7 nitrogen and oxygen atoms in total. The van der Waals surface area contributed by atoms with Crippen LogP contribution in [0.4, 0.5) is 4.79 Å². The van der Waals surface area contributed by atoms with Gasteiger partial charge in [0.1, 0.15) is 11.3 Å². The van der Waals surface area contributed by atoms with Crippen molar-refractivity contribution in [2.24, 2.45) is 0 Å². The van der Waals surface area contributed by atoms with Gasteiger partial charge in [0, 0.05) is 18.8 Å². The van der Waals surface area contributed by atoms with E-state index in [0.29, 0.717) is 23.9 Å². The third-order valence-corrected chi connectivity index (χ3v) is 4.13. The fraction of sp³-hybridized carbons (Fsp3) is 0.550. The van der Waals surface area contributed by atoms with Crippen LogP contribution in [0.3, 0.4) is 0 Å². The molecule has 27 heavy (non-hydrogen) atoms. The number of amides is 1. The van der Waals surface area contributed by atoms with Gasteiger partial charge in [0.25, 0.3) is 0 Å². The second-order valence-corrected chi connectivity index (χ2v) is 7.97. The molecule has 1 atom stereocenters. The van der Waals surface area contributed by atoms with Gasteiger partial charge in [0.15, 0.2) is 5.76 Å². The molecule has 3 heterocycles. The molecule has 1 unspecified atom stereocenters. The Morgan fingerprint density at radius 2 is 2.15 bits per heavy atom. The molecular weight excluding hydrogens is 346 g/mol. The number of nitrogens with zero attached hydrogens (tertiary/aromatic N) is 3. The molecule has 1 fully saturated rings. The van der Waals surface area contributed by atoms with Crippen molar-refractivity contribution in [2.45, 2.75) is 65.2 Å². The second-order valence-electron chi connectivity index (χ2n) is 7.97. The summed E-state index contributed by atoms with van der Waals surface area (Å²) in [5, 5.41) is 4.19. The minimum atomic E-state index is -0.532. The van der Waals surface area contributed by atoms with Crippen LogP contribution in [0.5, 0.6) is 5.88 Å². The van der Waals surface area contributed by atoms with Crippen LogP contribution in [0.25, 0.3) is 11.3 Å². The number of hydrogen-bond donors (Lipinski definition) is 0. The zero-order chi connectivity index (χ0) is 19.6. The highest BCUT2D eigenvalue weighted by atomic mass is 16.6. The summed E-state index contributed by atoms with van der Waals surface area (Å²) >= 11 is 0. The topological polar surface area (TPSA) is 77.7 Å². The number of ether oxygens (including phenoxy) is 2. The van der Waals surface area contributed by atoms with Gasteiger partial charge in [0.05, 0.1) is 17.7 Å². The number of hydrogen-bond acceptors (Lipinski definition) is 6. The van der Waals surface area contributed by atoms with Gasteiger partial charge in [-0.3, -0.25) is 4.90 Å². The monoisotopic (exact) mass is 373 g/mol. The van der Waals surface area contributed by atoms with E-state index in [1.54, 1.807) is 11.1 Å². The van der Waals surface area contributed by atoms with Crippen molar-refractivity contribution in [3.63, 3.8) is 0 Å². The van der Waals surface area contributed by atoms with Crippen LogP contribution < -0.4 is 4.74 Å². The third-order valence-electron chi connectivity index (χ3n) is 4.13. The van der Waals surface area contributed by atoms with Crippen molar-refractivity contribution in [3.05, 3.63) is 30.2 Å². The summed E-state index contributed by atoms with van der Waals surface area (Å²) < 4.78 is 16.9. The summed E-state index contributed by atoms with van der Waals surface area (Å²) in [7, 11) is 0. The Morgan fingerprint density at radius 3 is 2.85 bits per heavy atom. The van der Waals surface area contributed by atoms with Gasteiger partial charge in [-0.05, 0) is 59.6 Å². The summed E-state index contributed by atoms with van der Waals surface area (Å²) in [6, 6.07) is 5.41. The predicted molar refractivity (Wildman–Crippen MR) is 100 cm³/mol. The SMILES string of the molecule is CC(C)Oc1ncccc1-c1cc(C2CCCN2C(=O)OC(C)(C)C)on1. The van der Waals surface area contributed by atoms with Crippen molar-refractivity contribution in [1.29, 1.82) is 0 Å². The number of carbonyl (C=O) groups excluding carboxylic acids is 1. The number of aromatic nitrogens is 2. The largest absolute Gasteiger partial charge is 0.474 e. The van der Waals surface area contributed by atoms with Crippen molar-refractivity contribution in [3.8, 4) is 17.1 Å². The number of rotatable bonds is 4. The lowest BCUT2D eigenvalue weighted by molar-refractivity contribution is 0.0204. The highest BCUT2D eigenvalue weighted by molar-refractivity contribution is 5.69. The summed E-state index contributed by atoms with van der Waals surface area (Å²) in [5.74, 6) is 1.16. The van der Waals surface area contributed by atoms with Crippen LogP contribution in [-0.4, -0.2) is 39.4 Å². The van der Waals surface area contributed by atoms with Gasteiger partial charge in [0.2, 0.25) is 5.88 Å². The van der Waals surface area contributed by atoms with Gasteiger partial charge < -0.3 is 14.0 Å². The lowest BCUT2D eigenvalue weighted by atomic mass is 10.1. The van der Waals surface area contributed by atoms with Crippen LogP contribution >= 0.6 is 0 Å². The maximum absolute atomic E-state index is 12.5. The first kappa shape index (κ1) is 19.2. The maximum Gasteiger partial charge on any atom is 0.410 e. The van der Waals surface area contributed by atoms with E-state index in [0.717, 1.165) is 18.4 Å². The summed E-state index contributed by atoms with van der Waals surface area (Å²) in [6.45, 7) is 10.1. The molecule has 0 aliphatic carbocycles. The van der Waals surface area contributed by atoms with Gasteiger partial charge in [-0.1, -0.05) is 5.16 Å². The molecule has 1 aliphatic rings. The molecule has 0 radical (unpaired) electrons. The number of carbonyl (C=O) groups is 1. The Hall–Kier alpha value is -2.57. The molecule has 2 aromatic heterocycles. The maximum atomic E-state index is 12.5. The van der Waals surface area contributed by atoms with E-state index in [9.17, 15) is 4.79 Å². The Morgan fingerprint density at radius 1 is 1.37 bits per heavy atom. The fourth-order valence-corrected chi connectivity index (χ4v) is 3.08. The molecule has 3 rings (SSSR count). The molecule has 1 aliphatic heterocycles. The standard InChI is InChI=1S/C20H27N3O4/c1-13(2)25-18-14(8-6-10-21-18)15-12-17(27-22-15)16-9-7-11-23(16)19(24)26-20(3,4)5/h6,8,10,12-13,16H,7,9,11H2,1-5H3. The summed E-state index contributed by atoms with van der Waals surface area (Å²) in [4.78, 5) is 18.5. The smallest absolute Gasteiger partial charge is 0.410 e. The zero-order valence-electron chi connectivity index (χ0n) is 16.6. The zero-order valence-corrected chi connectivity index (χ0v) is 16.6. The van der Waals surface area contributed by atoms with Crippen molar-refractivity contribution in [1.82, 2.24) is 15.0 Å². The van der Waals surface area contributed by atoms with Crippen LogP contribution in [0.15, 0.2) is 28.9 Å². The molecule has 1 amide bonds. The van der Waals surface area contributed by atoms with E-state index >= 15 is 0 Å². The molecule has 0 spiro atoms. The highest BCUT2D eigenvalue weighted by Crippen LogP contribution is 2.36. The first-order valence-electron chi connectivity index (χ1n) is 9.33. The number of likely N-dealkylation sites (tertiary alicyclic amines) is 1. The van der Waals surface area contributed by atoms with E-state index in [-0.39, 0.29) is 18.2 Å². The Bertz CT molecular complexity index is 795. The van der Waals surface area contributed by atoms with Crippen LogP contribution in [0, 0.1) is 0 Å².